The smallest absolute Gasteiger partial charge is 0.228 e. The third kappa shape index (κ3) is 5.36. The van der Waals surface area contributed by atoms with Gasteiger partial charge in [-0.1, -0.05) is 36.9 Å². The minimum absolute atomic E-state index is 0.147. The lowest BCUT2D eigenvalue weighted by Crippen LogP contribution is -2.37. The number of rotatable bonds is 8. The van der Waals surface area contributed by atoms with Crippen molar-refractivity contribution in [3.05, 3.63) is 102 Å². The first-order valence-corrected chi connectivity index (χ1v) is 12.1. The van der Waals surface area contributed by atoms with Crippen LogP contribution < -0.4 is 9.80 Å². The van der Waals surface area contributed by atoms with Gasteiger partial charge in [0.25, 0.3) is 0 Å². The molecule has 0 saturated carbocycles. The third-order valence-corrected chi connectivity index (χ3v) is 6.26. The van der Waals surface area contributed by atoms with Crippen molar-refractivity contribution < 1.29 is 18.3 Å². The number of nitrogens with zero attached hydrogens (tertiary/aromatic N) is 5. The van der Waals surface area contributed by atoms with Crippen molar-refractivity contribution in [3.63, 3.8) is 0 Å². The zero-order chi connectivity index (χ0) is 25.6. The van der Waals surface area contributed by atoms with Crippen LogP contribution in [0.15, 0.2) is 85.4 Å². The van der Waals surface area contributed by atoms with Gasteiger partial charge in [-0.3, -0.25) is 4.98 Å². The van der Waals surface area contributed by atoms with Crippen LogP contribution in [0.4, 0.5) is 26.2 Å². The van der Waals surface area contributed by atoms with Gasteiger partial charge >= 0.3 is 0 Å². The van der Waals surface area contributed by atoms with Gasteiger partial charge in [0.2, 0.25) is 5.95 Å². The number of pyridine rings is 1. The van der Waals surface area contributed by atoms with Crippen LogP contribution in [0.5, 0.6) is 0 Å². The maximum absolute atomic E-state index is 15.6. The van der Waals surface area contributed by atoms with Crippen molar-refractivity contribution >= 4 is 23.0 Å². The zero-order valence-corrected chi connectivity index (χ0v) is 20.3. The van der Waals surface area contributed by atoms with E-state index < -0.39 is 11.7 Å². The SMILES string of the molecule is C=CC(F)=C(C(F)=COCc1ccccc1)c1nc(N2CCOCC2)nc2c1CCN2c1ccncc1. The van der Waals surface area contributed by atoms with Crippen LogP contribution in [0.1, 0.15) is 16.8 Å². The summed E-state index contributed by atoms with van der Waals surface area (Å²) in [4.78, 5) is 17.6. The molecule has 0 radical (unpaired) electrons. The van der Waals surface area contributed by atoms with Gasteiger partial charge < -0.3 is 19.3 Å². The van der Waals surface area contributed by atoms with Crippen LogP contribution in [0.25, 0.3) is 5.57 Å². The van der Waals surface area contributed by atoms with E-state index in [4.69, 9.17) is 19.4 Å². The Morgan fingerprint density at radius 3 is 2.51 bits per heavy atom. The van der Waals surface area contributed by atoms with Crippen molar-refractivity contribution in [1.82, 2.24) is 15.0 Å². The van der Waals surface area contributed by atoms with Gasteiger partial charge in [0.15, 0.2) is 5.83 Å². The van der Waals surface area contributed by atoms with Crippen molar-refractivity contribution in [2.24, 2.45) is 0 Å². The van der Waals surface area contributed by atoms with Gasteiger partial charge in [-0.15, -0.1) is 0 Å². The Morgan fingerprint density at radius 2 is 1.78 bits per heavy atom. The summed E-state index contributed by atoms with van der Waals surface area (Å²) in [6.45, 7) is 6.47. The Morgan fingerprint density at radius 1 is 1.03 bits per heavy atom. The van der Waals surface area contributed by atoms with Gasteiger partial charge in [-0.05, 0) is 30.2 Å². The summed E-state index contributed by atoms with van der Waals surface area (Å²) in [5.74, 6) is -0.687. The maximum Gasteiger partial charge on any atom is 0.228 e. The molecule has 1 saturated heterocycles. The fourth-order valence-electron chi connectivity index (χ4n) is 4.42. The largest absolute Gasteiger partial charge is 0.493 e. The highest BCUT2D eigenvalue weighted by Gasteiger charge is 2.32. The molecule has 2 aliphatic heterocycles. The molecule has 9 heteroatoms. The highest BCUT2D eigenvalue weighted by Crippen LogP contribution is 2.40. The molecule has 2 aliphatic rings. The molecule has 0 spiro atoms. The van der Waals surface area contributed by atoms with E-state index in [0.717, 1.165) is 23.6 Å². The second-order valence-corrected chi connectivity index (χ2v) is 8.57. The molecular weight excluding hydrogens is 476 g/mol. The normalized spacial score (nSPS) is 16.3. The Hall–Kier alpha value is -4.11. The monoisotopic (exact) mass is 503 g/mol. The number of halogens is 2. The van der Waals surface area contributed by atoms with Gasteiger partial charge in [0.1, 0.15) is 24.5 Å². The van der Waals surface area contributed by atoms with E-state index in [-0.39, 0.29) is 17.9 Å². The molecule has 0 N–H and O–H groups in total. The topological polar surface area (TPSA) is 63.6 Å². The first-order valence-electron chi connectivity index (χ1n) is 12.1. The van der Waals surface area contributed by atoms with Crippen LogP contribution in [0.3, 0.4) is 0 Å². The minimum atomic E-state index is -0.871. The summed E-state index contributed by atoms with van der Waals surface area (Å²) in [6.07, 6.45) is 5.84. The van der Waals surface area contributed by atoms with Gasteiger partial charge in [-0.2, -0.15) is 4.98 Å². The summed E-state index contributed by atoms with van der Waals surface area (Å²) in [5.41, 5.74) is 2.31. The molecule has 0 bridgehead atoms. The molecule has 0 atom stereocenters. The fourth-order valence-corrected chi connectivity index (χ4v) is 4.42. The molecule has 37 heavy (non-hydrogen) atoms. The average molecular weight is 504 g/mol. The molecule has 1 fully saturated rings. The number of hydrogen-bond acceptors (Lipinski definition) is 7. The first-order chi connectivity index (χ1) is 18.2. The second-order valence-electron chi connectivity index (χ2n) is 8.57. The van der Waals surface area contributed by atoms with Crippen LogP contribution in [0.2, 0.25) is 0 Å². The Bertz CT molecular complexity index is 1310. The highest BCUT2D eigenvalue weighted by molar-refractivity contribution is 5.84. The predicted octanol–water partition coefficient (Wildman–Crippen LogP) is 5.30. The van der Waals surface area contributed by atoms with Crippen molar-refractivity contribution in [3.8, 4) is 0 Å². The third-order valence-electron chi connectivity index (χ3n) is 6.26. The molecule has 4 heterocycles. The van der Waals surface area contributed by atoms with E-state index in [1.54, 1.807) is 12.4 Å². The van der Waals surface area contributed by atoms with Crippen molar-refractivity contribution in [1.29, 1.82) is 0 Å². The molecule has 5 rings (SSSR count). The predicted molar refractivity (Wildman–Crippen MR) is 139 cm³/mol. The lowest BCUT2D eigenvalue weighted by atomic mass is 10.0. The number of allylic oxidation sites excluding steroid dienone is 4. The molecule has 190 valence electrons. The number of morpholine rings is 1. The average Bonchev–Trinajstić information content (AvgIpc) is 3.39. The summed E-state index contributed by atoms with van der Waals surface area (Å²) >= 11 is 0. The molecule has 7 nitrogen and oxygen atoms in total. The molecule has 1 aromatic carbocycles. The molecule has 0 aliphatic carbocycles. The number of ether oxygens (including phenoxy) is 2. The number of hydrogen-bond donors (Lipinski definition) is 0. The summed E-state index contributed by atoms with van der Waals surface area (Å²) < 4.78 is 41.8. The van der Waals surface area contributed by atoms with Crippen LogP contribution in [-0.2, 0) is 22.5 Å². The summed E-state index contributed by atoms with van der Waals surface area (Å²) in [7, 11) is 0. The highest BCUT2D eigenvalue weighted by atomic mass is 19.1. The number of aromatic nitrogens is 3. The quantitative estimate of drug-likeness (QED) is 0.305. The summed E-state index contributed by atoms with van der Waals surface area (Å²) in [6, 6.07) is 13.1. The number of benzene rings is 1. The Kier molecular flexibility index (Phi) is 7.51. The first kappa shape index (κ1) is 24.6. The fraction of sp³-hybridized carbons (Fsp3) is 0.250. The number of anilines is 3. The molecular formula is C28H27F2N5O2. The molecule has 2 aromatic heterocycles. The van der Waals surface area contributed by atoms with E-state index in [2.05, 4.69) is 11.6 Å². The second kappa shape index (κ2) is 11.3. The summed E-state index contributed by atoms with van der Waals surface area (Å²) in [5, 5.41) is 0. The Labute approximate surface area is 214 Å². The van der Waals surface area contributed by atoms with Crippen LogP contribution in [0, 0.1) is 0 Å². The van der Waals surface area contributed by atoms with E-state index in [9.17, 15) is 0 Å². The van der Waals surface area contributed by atoms with E-state index >= 15 is 8.78 Å². The van der Waals surface area contributed by atoms with Crippen molar-refractivity contribution in [2.45, 2.75) is 13.0 Å². The maximum atomic E-state index is 15.6. The standard InChI is InChI=1S/C28H27F2N5O2/c1-2-23(29)25(24(30)19-37-18-20-6-4-3-5-7-20)26-22-10-13-35(21-8-11-31-12-9-21)27(22)33-28(32-26)34-14-16-36-17-15-34/h2-9,11-12,19H,1,10,13-18H2. The molecule has 0 unspecified atom stereocenters. The molecule has 3 aromatic rings. The van der Waals surface area contributed by atoms with Crippen LogP contribution >= 0.6 is 0 Å². The van der Waals surface area contributed by atoms with E-state index in [1.165, 1.54) is 0 Å². The lowest BCUT2D eigenvalue weighted by molar-refractivity contribution is 0.122. The van der Waals surface area contributed by atoms with Crippen LogP contribution in [-0.4, -0.2) is 47.8 Å². The van der Waals surface area contributed by atoms with Gasteiger partial charge in [0, 0.05) is 43.3 Å². The van der Waals surface area contributed by atoms with Gasteiger partial charge in [0.05, 0.1) is 24.5 Å². The van der Waals surface area contributed by atoms with Crippen molar-refractivity contribution in [2.75, 3.05) is 42.6 Å². The Balaban J connectivity index is 1.57. The zero-order valence-electron chi connectivity index (χ0n) is 20.3. The minimum Gasteiger partial charge on any atom is -0.493 e. The lowest BCUT2D eigenvalue weighted by Gasteiger charge is -2.28. The van der Waals surface area contributed by atoms with E-state index in [0.29, 0.717) is 56.6 Å². The van der Waals surface area contributed by atoms with Gasteiger partial charge in [-0.25, -0.2) is 13.8 Å². The van der Waals surface area contributed by atoms with E-state index in [1.807, 2.05) is 52.3 Å². The molecule has 0 amide bonds. The number of fused-ring (bicyclic) bond motifs is 1.